The van der Waals surface area contributed by atoms with Crippen LogP contribution >= 0.6 is 11.3 Å². The molecule has 0 unspecified atom stereocenters. The van der Waals surface area contributed by atoms with Crippen LogP contribution in [0.15, 0.2) is 30.3 Å². The Morgan fingerprint density at radius 2 is 1.77 bits per heavy atom. The number of nitrogens with one attached hydrogen (secondary N) is 1. The first-order valence-corrected chi connectivity index (χ1v) is 9.27. The van der Waals surface area contributed by atoms with Gasteiger partial charge in [-0.15, -0.1) is 11.3 Å². The van der Waals surface area contributed by atoms with Crippen LogP contribution < -0.4 is 14.8 Å². The first-order chi connectivity index (χ1) is 12.4. The molecule has 0 spiro atoms. The zero-order valence-corrected chi connectivity index (χ0v) is 16.3. The minimum absolute atomic E-state index is 0.0348. The number of likely N-dealkylation sites (N-methyl/N-ethyl adjacent to an activating group) is 1. The van der Waals surface area contributed by atoms with Gasteiger partial charge in [0.1, 0.15) is 0 Å². The number of carbonyl (C=O) groups excluding carboxylic acids is 2. The molecule has 0 radical (unpaired) electrons. The number of ether oxygens (including phenoxy) is 2. The van der Waals surface area contributed by atoms with Crippen molar-refractivity contribution in [1.82, 2.24) is 4.90 Å². The van der Waals surface area contributed by atoms with Crippen molar-refractivity contribution in [2.75, 3.05) is 32.1 Å². The van der Waals surface area contributed by atoms with Crippen LogP contribution in [-0.2, 0) is 4.79 Å². The molecule has 7 heteroatoms. The van der Waals surface area contributed by atoms with Crippen LogP contribution in [0.5, 0.6) is 11.5 Å². The van der Waals surface area contributed by atoms with E-state index in [1.165, 1.54) is 16.2 Å². The maximum Gasteiger partial charge on any atom is 0.264 e. The van der Waals surface area contributed by atoms with Gasteiger partial charge in [0.05, 0.1) is 24.6 Å². The van der Waals surface area contributed by atoms with Crippen molar-refractivity contribution in [1.29, 1.82) is 0 Å². The van der Waals surface area contributed by atoms with Gasteiger partial charge in [0.2, 0.25) is 5.91 Å². The zero-order chi connectivity index (χ0) is 19.1. The molecule has 0 bridgehead atoms. The van der Waals surface area contributed by atoms with Crippen molar-refractivity contribution >= 4 is 28.8 Å². The third kappa shape index (κ3) is 5.23. The molecule has 6 nitrogen and oxygen atoms in total. The summed E-state index contributed by atoms with van der Waals surface area (Å²) >= 11 is 1.42. The zero-order valence-electron chi connectivity index (χ0n) is 15.5. The topological polar surface area (TPSA) is 67.9 Å². The highest BCUT2D eigenvalue weighted by atomic mass is 32.1. The summed E-state index contributed by atoms with van der Waals surface area (Å²) in [5, 5.41) is 2.79. The van der Waals surface area contributed by atoms with E-state index in [9.17, 15) is 9.59 Å². The molecule has 1 aromatic carbocycles. The molecule has 0 fully saturated rings. The summed E-state index contributed by atoms with van der Waals surface area (Å²) in [4.78, 5) is 27.7. The molecule has 0 saturated carbocycles. The summed E-state index contributed by atoms with van der Waals surface area (Å²) in [6.45, 7) is 6.71. The standard InChI is InChI=1S/C19H24N2O4S/c1-5-24-15-9-8-14(11-16(15)25-6-2)20-18(22)12-21(4)19(23)17-10-7-13(3)26-17/h7-11H,5-6,12H2,1-4H3,(H,20,22). The van der Waals surface area contributed by atoms with E-state index in [2.05, 4.69) is 5.32 Å². The van der Waals surface area contributed by atoms with Gasteiger partial charge >= 0.3 is 0 Å². The maximum atomic E-state index is 12.3. The van der Waals surface area contributed by atoms with Crippen LogP contribution in [0.3, 0.4) is 0 Å². The van der Waals surface area contributed by atoms with Gasteiger partial charge in [-0.25, -0.2) is 0 Å². The van der Waals surface area contributed by atoms with Gasteiger partial charge in [-0.2, -0.15) is 0 Å². The lowest BCUT2D eigenvalue weighted by Gasteiger charge is -2.17. The molecule has 0 saturated heterocycles. The molecule has 140 valence electrons. The molecule has 0 atom stereocenters. The highest BCUT2D eigenvalue weighted by molar-refractivity contribution is 7.13. The van der Waals surface area contributed by atoms with Crippen LogP contribution in [0.25, 0.3) is 0 Å². The summed E-state index contributed by atoms with van der Waals surface area (Å²) in [6.07, 6.45) is 0. The second-order valence-electron chi connectivity index (χ2n) is 5.65. The lowest BCUT2D eigenvalue weighted by Crippen LogP contribution is -2.34. The Morgan fingerprint density at radius 3 is 2.38 bits per heavy atom. The Kier molecular flexibility index (Phi) is 7.03. The predicted octanol–water partition coefficient (Wildman–Crippen LogP) is 3.56. The molecule has 2 amide bonds. The molecular formula is C19H24N2O4S. The number of benzene rings is 1. The number of thiophene rings is 1. The van der Waals surface area contributed by atoms with E-state index in [-0.39, 0.29) is 18.4 Å². The van der Waals surface area contributed by atoms with E-state index in [1.807, 2.05) is 26.8 Å². The van der Waals surface area contributed by atoms with Gasteiger partial charge < -0.3 is 19.7 Å². The van der Waals surface area contributed by atoms with E-state index in [4.69, 9.17) is 9.47 Å². The number of hydrogen-bond acceptors (Lipinski definition) is 5. The van der Waals surface area contributed by atoms with E-state index < -0.39 is 0 Å². The third-order valence-electron chi connectivity index (χ3n) is 3.51. The number of nitrogens with zero attached hydrogens (tertiary/aromatic N) is 1. The van der Waals surface area contributed by atoms with Crippen molar-refractivity contribution in [2.24, 2.45) is 0 Å². The Balaban J connectivity index is 2.00. The number of anilines is 1. The molecule has 1 aromatic heterocycles. The summed E-state index contributed by atoms with van der Waals surface area (Å²) in [7, 11) is 1.61. The fourth-order valence-electron chi connectivity index (χ4n) is 2.35. The molecule has 0 aliphatic heterocycles. The number of amides is 2. The summed E-state index contributed by atoms with van der Waals surface area (Å²) in [5.74, 6) is 0.763. The molecule has 2 aromatic rings. The van der Waals surface area contributed by atoms with Gasteiger partial charge in [0.15, 0.2) is 11.5 Å². The minimum Gasteiger partial charge on any atom is -0.490 e. The Labute approximate surface area is 157 Å². The van der Waals surface area contributed by atoms with Crippen LogP contribution in [0, 0.1) is 6.92 Å². The smallest absolute Gasteiger partial charge is 0.264 e. The first kappa shape index (κ1) is 19.8. The van der Waals surface area contributed by atoms with Gasteiger partial charge in [-0.3, -0.25) is 9.59 Å². The average Bonchev–Trinajstić information content (AvgIpc) is 3.03. The predicted molar refractivity (Wildman–Crippen MR) is 103 cm³/mol. The lowest BCUT2D eigenvalue weighted by atomic mass is 10.2. The average molecular weight is 376 g/mol. The molecule has 1 heterocycles. The fraction of sp³-hybridized carbons (Fsp3) is 0.368. The van der Waals surface area contributed by atoms with Gasteiger partial charge in [-0.1, -0.05) is 0 Å². The first-order valence-electron chi connectivity index (χ1n) is 8.46. The van der Waals surface area contributed by atoms with E-state index in [1.54, 1.807) is 31.3 Å². The van der Waals surface area contributed by atoms with Crippen molar-refractivity contribution in [3.8, 4) is 11.5 Å². The number of aryl methyl sites for hydroxylation is 1. The third-order valence-corrected chi connectivity index (χ3v) is 4.49. The van der Waals surface area contributed by atoms with Gasteiger partial charge in [0.25, 0.3) is 5.91 Å². The van der Waals surface area contributed by atoms with E-state index in [0.29, 0.717) is 35.3 Å². The van der Waals surface area contributed by atoms with Crippen molar-refractivity contribution in [3.05, 3.63) is 40.1 Å². The fourth-order valence-corrected chi connectivity index (χ4v) is 3.22. The highest BCUT2D eigenvalue weighted by Gasteiger charge is 2.17. The molecule has 0 aliphatic carbocycles. The quantitative estimate of drug-likeness (QED) is 0.765. The number of carbonyl (C=O) groups is 2. The van der Waals surface area contributed by atoms with Crippen LogP contribution in [0.2, 0.25) is 0 Å². The number of hydrogen-bond donors (Lipinski definition) is 1. The highest BCUT2D eigenvalue weighted by Crippen LogP contribution is 2.30. The minimum atomic E-state index is -0.277. The van der Waals surface area contributed by atoms with Crippen molar-refractivity contribution in [3.63, 3.8) is 0 Å². The van der Waals surface area contributed by atoms with Crippen molar-refractivity contribution in [2.45, 2.75) is 20.8 Å². The summed E-state index contributed by atoms with van der Waals surface area (Å²) in [5.41, 5.74) is 0.592. The second kappa shape index (κ2) is 9.24. The van der Waals surface area contributed by atoms with Gasteiger partial charge in [0, 0.05) is 23.7 Å². The van der Waals surface area contributed by atoms with Gasteiger partial charge in [-0.05, 0) is 45.0 Å². The Hall–Kier alpha value is -2.54. The summed E-state index contributed by atoms with van der Waals surface area (Å²) in [6, 6.07) is 8.89. The normalized spacial score (nSPS) is 10.3. The maximum absolute atomic E-state index is 12.3. The van der Waals surface area contributed by atoms with Crippen LogP contribution in [-0.4, -0.2) is 43.5 Å². The van der Waals surface area contributed by atoms with Crippen molar-refractivity contribution < 1.29 is 19.1 Å². The molecular weight excluding hydrogens is 352 g/mol. The molecule has 0 aliphatic rings. The monoisotopic (exact) mass is 376 g/mol. The van der Waals surface area contributed by atoms with Crippen LogP contribution in [0.4, 0.5) is 5.69 Å². The number of rotatable bonds is 8. The van der Waals surface area contributed by atoms with E-state index >= 15 is 0 Å². The van der Waals surface area contributed by atoms with Crippen LogP contribution in [0.1, 0.15) is 28.4 Å². The lowest BCUT2D eigenvalue weighted by molar-refractivity contribution is -0.116. The summed E-state index contributed by atoms with van der Waals surface area (Å²) < 4.78 is 11.1. The molecule has 1 N–H and O–H groups in total. The molecule has 2 rings (SSSR count). The van der Waals surface area contributed by atoms with E-state index in [0.717, 1.165) is 4.88 Å². The second-order valence-corrected chi connectivity index (χ2v) is 6.94. The Morgan fingerprint density at radius 1 is 1.08 bits per heavy atom. The Bertz CT molecular complexity index is 773. The SMILES string of the molecule is CCOc1ccc(NC(=O)CN(C)C(=O)c2ccc(C)s2)cc1OCC. The largest absolute Gasteiger partial charge is 0.490 e. The molecule has 26 heavy (non-hydrogen) atoms.